The number of nitrogens with two attached hydrogens (primary N) is 1. The zero-order valence-electron chi connectivity index (χ0n) is 16.3. The molecule has 0 aromatic heterocycles. The van der Waals surface area contributed by atoms with E-state index >= 15 is 0 Å². The Labute approximate surface area is 153 Å². The van der Waals surface area contributed by atoms with Gasteiger partial charge in [0.15, 0.2) is 0 Å². The van der Waals surface area contributed by atoms with Crippen molar-refractivity contribution in [2.24, 2.45) is 11.7 Å². The highest BCUT2D eigenvalue weighted by Crippen LogP contribution is 2.31. The third kappa shape index (κ3) is 4.68. The monoisotopic (exact) mass is 345 g/mol. The van der Waals surface area contributed by atoms with Crippen LogP contribution in [0.1, 0.15) is 50.7 Å². The molecule has 1 aliphatic carbocycles. The molecule has 4 heteroatoms. The molecule has 0 amide bonds. The molecule has 0 spiro atoms. The molecule has 0 unspecified atom stereocenters. The van der Waals surface area contributed by atoms with Crippen LogP contribution in [0.15, 0.2) is 12.1 Å². The summed E-state index contributed by atoms with van der Waals surface area (Å²) in [7, 11) is 0. The van der Waals surface area contributed by atoms with Crippen molar-refractivity contribution in [1.29, 1.82) is 0 Å². The fourth-order valence-electron chi connectivity index (χ4n) is 4.57. The number of hydrogen-bond donors (Lipinski definition) is 2. The lowest BCUT2D eigenvalue weighted by Gasteiger charge is -2.38. The predicted molar refractivity (Wildman–Crippen MR) is 107 cm³/mol. The molecule has 1 saturated heterocycles. The molecule has 140 valence electrons. The van der Waals surface area contributed by atoms with E-state index in [0.717, 1.165) is 25.6 Å². The number of anilines is 2. The van der Waals surface area contributed by atoms with Gasteiger partial charge in [-0.15, -0.1) is 0 Å². The van der Waals surface area contributed by atoms with E-state index in [-0.39, 0.29) is 12.2 Å². The molecule has 2 fully saturated rings. The van der Waals surface area contributed by atoms with E-state index in [2.05, 4.69) is 50.0 Å². The molecule has 1 heterocycles. The minimum atomic E-state index is 0.290. The van der Waals surface area contributed by atoms with Gasteiger partial charge in [0.2, 0.25) is 0 Å². The maximum Gasteiger partial charge on any atom is 0.0726 e. The molecule has 3 rings (SSSR count). The topological polar surface area (TPSA) is 50.5 Å². The standard InChI is InChI=1S/C21H35N3O/c1-14-9-20(23-11-18-5-7-19(22)8-6-18)10-15(2)21(14)24-12-16(3)25-17(4)13-24/h9-10,16-19,23H,5-8,11-13,22H2,1-4H3/t16-,17+,18-,19-. The van der Waals surface area contributed by atoms with Gasteiger partial charge in [-0.3, -0.25) is 0 Å². The van der Waals surface area contributed by atoms with Crippen LogP contribution in [0.5, 0.6) is 0 Å². The van der Waals surface area contributed by atoms with Gasteiger partial charge in [0.05, 0.1) is 12.2 Å². The zero-order chi connectivity index (χ0) is 18.0. The third-order valence-electron chi connectivity index (χ3n) is 5.71. The highest BCUT2D eigenvalue weighted by Gasteiger charge is 2.25. The Kier molecular flexibility index (Phi) is 5.90. The van der Waals surface area contributed by atoms with Gasteiger partial charge in [-0.25, -0.2) is 0 Å². The first-order valence-electron chi connectivity index (χ1n) is 9.93. The van der Waals surface area contributed by atoms with Gasteiger partial charge in [0, 0.05) is 37.1 Å². The lowest BCUT2D eigenvalue weighted by Crippen LogP contribution is -2.46. The van der Waals surface area contributed by atoms with Crippen LogP contribution in [-0.2, 0) is 4.74 Å². The molecule has 1 aliphatic heterocycles. The molecule has 0 bridgehead atoms. The largest absolute Gasteiger partial charge is 0.385 e. The lowest BCUT2D eigenvalue weighted by atomic mass is 9.86. The molecular weight excluding hydrogens is 310 g/mol. The number of rotatable bonds is 4. The number of nitrogens with one attached hydrogen (secondary N) is 1. The van der Waals surface area contributed by atoms with Gasteiger partial charge in [0.25, 0.3) is 0 Å². The summed E-state index contributed by atoms with van der Waals surface area (Å²) >= 11 is 0. The maximum atomic E-state index is 6.02. The molecule has 0 radical (unpaired) electrons. The van der Waals surface area contributed by atoms with Crippen molar-refractivity contribution in [3.05, 3.63) is 23.3 Å². The maximum absolute atomic E-state index is 6.02. The molecule has 2 aliphatic rings. The number of ether oxygens (including phenoxy) is 1. The van der Waals surface area contributed by atoms with Crippen LogP contribution in [0.4, 0.5) is 11.4 Å². The Morgan fingerprint density at radius 2 is 1.60 bits per heavy atom. The second-order valence-corrected chi connectivity index (χ2v) is 8.28. The van der Waals surface area contributed by atoms with Crippen molar-refractivity contribution >= 4 is 11.4 Å². The predicted octanol–water partition coefficient (Wildman–Crippen LogP) is 3.85. The van der Waals surface area contributed by atoms with Crippen LogP contribution in [0.3, 0.4) is 0 Å². The van der Waals surface area contributed by atoms with Crippen molar-refractivity contribution in [3.63, 3.8) is 0 Å². The second kappa shape index (κ2) is 7.96. The lowest BCUT2D eigenvalue weighted by molar-refractivity contribution is -0.00527. The van der Waals surface area contributed by atoms with Crippen LogP contribution < -0.4 is 16.0 Å². The molecule has 25 heavy (non-hydrogen) atoms. The first kappa shape index (κ1) is 18.5. The van der Waals surface area contributed by atoms with E-state index in [1.54, 1.807) is 0 Å². The van der Waals surface area contributed by atoms with Crippen LogP contribution in [0.2, 0.25) is 0 Å². The van der Waals surface area contributed by atoms with E-state index in [1.807, 2.05) is 0 Å². The second-order valence-electron chi connectivity index (χ2n) is 8.28. The third-order valence-corrected chi connectivity index (χ3v) is 5.71. The Bertz CT molecular complexity index is 547. The summed E-state index contributed by atoms with van der Waals surface area (Å²) in [5, 5.41) is 3.67. The Morgan fingerprint density at radius 1 is 1.04 bits per heavy atom. The van der Waals surface area contributed by atoms with E-state index in [1.165, 1.54) is 48.2 Å². The van der Waals surface area contributed by atoms with Crippen LogP contribution >= 0.6 is 0 Å². The van der Waals surface area contributed by atoms with Gasteiger partial charge < -0.3 is 20.7 Å². The fourth-order valence-corrected chi connectivity index (χ4v) is 4.57. The van der Waals surface area contributed by atoms with Crippen molar-refractivity contribution in [2.75, 3.05) is 29.9 Å². The van der Waals surface area contributed by atoms with Crippen LogP contribution in [-0.4, -0.2) is 37.9 Å². The molecule has 2 atom stereocenters. The normalized spacial score (nSPS) is 30.4. The first-order valence-corrected chi connectivity index (χ1v) is 9.93. The summed E-state index contributed by atoms with van der Waals surface area (Å²) in [5.74, 6) is 0.765. The number of morpholine rings is 1. The summed E-state index contributed by atoms with van der Waals surface area (Å²) in [6, 6.07) is 5.04. The first-order chi connectivity index (χ1) is 11.9. The number of hydrogen-bond acceptors (Lipinski definition) is 4. The Balaban J connectivity index is 1.65. The summed E-state index contributed by atoms with van der Waals surface area (Å²) in [6.07, 6.45) is 5.45. The fraction of sp³-hybridized carbons (Fsp3) is 0.714. The molecule has 4 nitrogen and oxygen atoms in total. The highest BCUT2D eigenvalue weighted by molar-refractivity contribution is 5.66. The highest BCUT2D eigenvalue weighted by atomic mass is 16.5. The van der Waals surface area contributed by atoms with Crippen LogP contribution in [0.25, 0.3) is 0 Å². The molecule has 1 aromatic carbocycles. The van der Waals surface area contributed by atoms with Gasteiger partial charge in [-0.1, -0.05) is 0 Å². The van der Waals surface area contributed by atoms with E-state index in [9.17, 15) is 0 Å². The van der Waals surface area contributed by atoms with Gasteiger partial charge in [-0.2, -0.15) is 0 Å². The molecule has 3 N–H and O–H groups in total. The molecule has 1 aromatic rings. The van der Waals surface area contributed by atoms with Crippen molar-refractivity contribution in [1.82, 2.24) is 0 Å². The number of benzene rings is 1. The Morgan fingerprint density at radius 3 is 2.16 bits per heavy atom. The van der Waals surface area contributed by atoms with Crippen molar-refractivity contribution in [2.45, 2.75) is 71.6 Å². The summed E-state index contributed by atoms with van der Waals surface area (Å²) in [6.45, 7) is 11.8. The molecule has 1 saturated carbocycles. The minimum absolute atomic E-state index is 0.290. The van der Waals surface area contributed by atoms with Crippen molar-refractivity contribution in [3.8, 4) is 0 Å². The van der Waals surface area contributed by atoms with E-state index in [4.69, 9.17) is 10.5 Å². The summed E-state index contributed by atoms with van der Waals surface area (Å²) in [4.78, 5) is 2.50. The average molecular weight is 346 g/mol. The van der Waals surface area contributed by atoms with E-state index in [0.29, 0.717) is 6.04 Å². The summed E-state index contributed by atoms with van der Waals surface area (Å²) < 4.78 is 5.89. The smallest absolute Gasteiger partial charge is 0.0726 e. The van der Waals surface area contributed by atoms with Gasteiger partial charge >= 0.3 is 0 Å². The zero-order valence-corrected chi connectivity index (χ0v) is 16.3. The Hall–Kier alpha value is -1.26. The molecular formula is C21H35N3O. The minimum Gasteiger partial charge on any atom is -0.385 e. The van der Waals surface area contributed by atoms with E-state index < -0.39 is 0 Å². The SMILES string of the molecule is Cc1cc(NC[C@H]2CC[C@H](N)CC2)cc(C)c1N1C[C@@H](C)O[C@@H](C)C1. The van der Waals surface area contributed by atoms with Gasteiger partial charge in [-0.05, 0) is 82.6 Å². The average Bonchev–Trinajstić information content (AvgIpc) is 2.53. The number of aryl methyl sites for hydroxylation is 2. The summed E-state index contributed by atoms with van der Waals surface area (Å²) in [5.41, 5.74) is 11.4. The van der Waals surface area contributed by atoms with Crippen LogP contribution in [0, 0.1) is 19.8 Å². The number of nitrogens with zero attached hydrogens (tertiary/aromatic N) is 1. The van der Waals surface area contributed by atoms with Crippen molar-refractivity contribution < 1.29 is 4.74 Å². The quantitative estimate of drug-likeness (QED) is 0.870. The van der Waals surface area contributed by atoms with Gasteiger partial charge in [0.1, 0.15) is 0 Å².